The Morgan fingerprint density at radius 3 is 2.65 bits per heavy atom. The Morgan fingerprint density at radius 1 is 1.15 bits per heavy atom. The van der Waals surface area contributed by atoms with Crippen LogP contribution in [0.25, 0.3) is 21.3 Å². The van der Waals surface area contributed by atoms with Crippen molar-refractivity contribution in [2.75, 3.05) is 5.32 Å². The van der Waals surface area contributed by atoms with Gasteiger partial charge in [-0.2, -0.15) is 8.42 Å². The van der Waals surface area contributed by atoms with Gasteiger partial charge in [-0.15, -0.1) is 15.7 Å². The van der Waals surface area contributed by atoms with Crippen molar-refractivity contribution in [3.05, 3.63) is 97.5 Å². The molecule has 0 amide bonds. The zero-order valence-corrected chi connectivity index (χ0v) is 19.0. The third-order valence-corrected chi connectivity index (χ3v) is 7.87. The number of aromatic hydroxyl groups is 1. The predicted octanol–water partition coefficient (Wildman–Crippen LogP) is 4.19. The van der Waals surface area contributed by atoms with E-state index in [1.807, 2.05) is 30.3 Å². The van der Waals surface area contributed by atoms with E-state index in [2.05, 4.69) is 19.7 Å². The molecule has 34 heavy (non-hydrogen) atoms. The number of benzene rings is 2. The first kappa shape index (κ1) is 21.7. The molecule has 2 aromatic heterocycles. The molecule has 5 rings (SSSR count). The Kier molecular flexibility index (Phi) is 5.33. The lowest BCUT2D eigenvalue weighted by Gasteiger charge is -2.19. The topological polar surface area (TPSA) is 150 Å². The van der Waals surface area contributed by atoms with E-state index >= 15 is 0 Å². The van der Waals surface area contributed by atoms with Crippen LogP contribution in [-0.4, -0.2) is 23.9 Å². The third-order valence-electron chi connectivity index (χ3n) is 5.39. The number of nitrogens with one attached hydrogen (secondary N) is 1. The van der Waals surface area contributed by atoms with E-state index in [0.717, 1.165) is 16.9 Å². The number of thiophene rings is 1. The fraction of sp³-hybridized carbons (Fsp3) is 0.0909. The van der Waals surface area contributed by atoms with Gasteiger partial charge in [-0.25, -0.2) is 0 Å². The van der Waals surface area contributed by atoms with Gasteiger partial charge in [0.15, 0.2) is 5.84 Å². The Bertz CT molecular complexity index is 1680. The van der Waals surface area contributed by atoms with Gasteiger partial charge in [0.25, 0.3) is 15.6 Å². The van der Waals surface area contributed by atoms with Crippen LogP contribution in [0.3, 0.4) is 0 Å². The van der Waals surface area contributed by atoms with Crippen molar-refractivity contribution in [2.24, 2.45) is 9.51 Å². The molecule has 0 bridgehead atoms. The average molecular weight is 493 g/mol. The minimum atomic E-state index is -4.22. The molecule has 0 atom stereocenters. The molecule has 2 N–H and O–H groups in total. The maximum Gasteiger partial charge on any atom is 0.287 e. The minimum absolute atomic E-state index is 0.0986. The number of nitrogens with zero attached hydrogens (tertiary/aromatic N) is 5. The molecule has 0 saturated carbocycles. The van der Waals surface area contributed by atoms with Crippen LogP contribution in [0.1, 0.15) is 16.7 Å². The highest BCUT2D eigenvalue weighted by Gasteiger charge is 2.33. The number of pyridine rings is 1. The first-order chi connectivity index (χ1) is 16.4. The highest BCUT2D eigenvalue weighted by molar-refractivity contribution is 7.90. The van der Waals surface area contributed by atoms with Crippen molar-refractivity contribution in [3.8, 4) is 5.75 Å². The largest absolute Gasteiger partial charge is 0.506 e. The molecule has 0 saturated heterocycles. The zero-order valence-electron chi connectivity index (χ0n) is 17.4. The van der Waals surface area contributed by atoms with Crippen LogP contribution < -0.4 is 10.9 Å². The zero-order chi connectivity index (χ0) is 23.9. The monoisotopic (exact) mass is 492 g/mol. The van der Waals surface area contributed by atoms with Gasteiger partial charge in [-0.05, 0) is 34.2 Å². The molecule has 0 aliphatic carbocycles. The number of anilines is 1. The Balaban J connectivity index is 1.71. The normalized spacial score (nSPS) is 14.1. The second-order valence-corrected chi connectivity index (χ2v) is 9.89. The van der Waals surface area contributed by atoms with Gasteiger partial charge in [0.2, 0.25) is 0 Å². The molecule has 0 radical (unpaired) electrons. The van der Waals surface area contributed by atoms with Gasteiger partial charge in [-0.3, -0.25) is 4.79 Å². The lowest BCUT2D eigenvalue weighted by Crippen LogP contribution is -2.32. The molecule has 1 aliphatic heterocycles. The summed E-state index contributed by atoms with van der Waals surface area (Å²) in [4.78, 5) is 16.2. The van der Waals surface area contributed by atoms with Crippen molar-refractivity contribution in [1.82, 2.24) is 4.57 Å². The molecule has 0 unspecified atom stereocenters. The number of para-hydroxylation sites is 1. The summed E-state index contributed by atoms with van der Waals surface area (Å²) in [5, 5.41) is 19.5. The van der Waals surface area contributed by atoms with Gasteiger partial charge < -0.3 is 15.0 Å². The minimum Gasteiger partial charge on any atom is -0.506 e. The summed E-state index contributed by atoms with van der Waals surface area (Å²) < 4.78 is 31.3. The molecule has 0 spiro atoms. The summed E-state index contributed by atoms with van der Waals surface area (Å²) in [5.74, 6) is -0.625. The number of hydrogen-bond donors (Lipinski definition) is 2. The van der Waals surface area contributed by atoms with E-state index < -0.39 is 15.6 Å². The molecule has 0 fully saturated rings. The van der Waals surface area contributed by atoms with E-state index in [1.165, 1.54) is 4.57 Å². The second-order valence-electron chi connectivity index (χ2n) is 7.47. The number of azide groups is 1. The molecule has 4 aromatic rings. The molecular weight excluding hydrogens is 476 g/mol. The summed E-state index contributed by atoms with van der Waals surface area (Å²) in [6.07, 6.45) is 0. The Hall–Kier alpha value is -4.12. The molecular formula is C22H16N6O4S2. The molecule has 3 heterocycles. The first-order valence-corrected chi connectivity index (χ1v) is 12.3. The summed E-state index contributed by atoms with van der Waals surface area (Å²) in [6.45, 7) is 0.0628. The summed E-state index contributed by atoms with van der Waals surface area (Å²) in [5.41, 5.74) is 9.41. The van der Waals surface area contributed by atoms with Crippen molar-refractivity contribution in [1.29, 1.82) is 0 Å². The quantitative estimate of drug-likeness (QED) is 0.243. The molecule has 10 nitrogen and oxygen atoms in total. The van der Waals surface area contributed by atoms with E-state index in [-0.39, 0.29) is 40.1 Å². The number of sulfonamides is 1. The maximum absolute atomic E-state index is 13.6. The first-order valence-electron chi connectivity index (χ1n) is 10.0. The van der Waals surface area contributed by atoms with Gasteiger partial charge in [0.05, 0.1) is 18.6 Å². The van der Waals surface area contributed by atoms with E-state index in [9.17, 15) is 18.3 Å². The second kappa shape index (κ2) is 8.34. The van der Waals surface area contributed by atoms with E-state index in [0.29, 0.717) is 16.5 Å². The van der Waals surface area contributed by atoms with Crippen LogP contribution in [0.2, 0.25) is 0 Å². The van der Waals surface area contributed by atoms with Crippen LogP contribution in [0.15, 0.2) is 79.2 Å². The summed E-state index contributed by atoms with van der Waals surface area (Å²) >= 11 is 1.08. The fourth-order valence-electron chi connectivity index (χ4n) is 3.90. The van der Waals surface area contributed by atoms with Gasteiger partial charge in [0.1, 0.15) is 21.2 Å². The smallest absolute Gasteiger partial charge is 0.287 e. The molecule has 12 heteroatoms. The van der Waals surface area contributed by atoms with Crippen LogP contribution in [0, 0.1) is 0 Å². The Morgan fingerprint density at radius 2 is 1.88 bits per heavy atom. The highest BCUT2D eigenvalue weighted by Crippen LogP contribution is 2.38. The molecule has 1 aliphatic rings. The average Bonchev–Trinajstić information content (AvgIpc) is 3.25. The predicted molar refractivity (Wildman–Crippen MR) is 130 cm³/mol. The van der Waals surface area contributed by atoms with Crippen molar-refractivity contribution in [3.63, 3.8) is 0 Å². The van der Waals surface area contributed by atoms with Crippen LogP contribution >= 0.6 is 11.3 Å². The standard InChI is InChI=1S/C22H16N6O4S2/c23-27-24-10-14-12-33-21-19(14)34(31,32)26-20(25-21)17-18(29)15-8-4-5-9-16(15)28(22(17)30)11-13-6-2-1-3-7-13/h1-9,12,29H,10-11H2,(H,25,26). The lowest BCUT2D eigenvalue weighted by atomic mass is 10.1. The van der Waals surface area contributed by atoms with Gasteiger partial charge in [0, 0.05) is 10.3 Å². The van der Waals surface area contributed by atoms with Crippen LogP contribution in [0.4, 0.5) is 5.00 Å². The lowest BCUT2D eigenvalue weighted by molar-refractivity contribution is 0.478. The van der Waals surface area contributed by atoms with Crippen molar-refractivity contribution >= 4 is 43.1 Å². The van der Waals surface area contributed by atoms with E-state index in [1.54, 1.807) is 29.6 Å². The molecule has 2 aromatic carbocycles. The highest BCUT2D eigenvalue weighted by atomic mass is 32.2. The number of fused-ring (bicyclic) bond motifs is 2. The van der Waals surface area contributed by atoms with Crippen LogP contribution in [0.5, 0.6) is 5.75 Å². The summed E-state index contributed by atoms with van der Waals surface area (Å²) in [6, 6.07) is 16.2. The van der Waals surface area contributed by atoms with Crippen molar-refractivity contribution in [2.45, 2.75) is 18.0 Å². The third kappa shape index (κ3) is 3.59. The fourth-order valence-corrected chi connectivity index (χ4v) is 6.49. The van der Waals surface area contributed by atoms with Gasteiger partial charge >= 0.3 is 0 Å². The van der Waals surface area contributed by atoms with E-state index in [4.69, 9.17) is 5.53 Å². The number of rotatable bonds is 5. The number of aromatic nitrogens is 1. The van der Waals surface area contributed by atoms with Crippen molar-refractivity contribution < 1.29 is 13.5 Å². The number of amidine groups is 1. The number of hydrogen-bond acceptors (Lipinski definition) is 7. The molecule has 170 valence electrons. The Labute approximate surface area is 197 Å². The van der Waals surface area contributed by atoms with Gasteiger partial charge in [-0.1, -0.05) is 47.6 Å². The SMILES string of the molecule is [N-]=[N+]=NCc1csc2c1S(=O)(=O)N=C(c1c(O)c3ccccc3n(Cc3ccccc3)c1=O)N2. The summed E-state index contributed by atoms with van der Waals surface area (Å²) in [7, 11) is -4.22. The van der Waals surface area contributed by atoms with Crippen LogP contribution in [-0.2, 0) is 23.1 Å². The maximum atomic E-state index is 13.6.